The van der Waals surface area contributed by atoms with Crippen LogP contribution in [0.4, 0.5) is 14.9 Å². The van der Waals surface area contributed by atoms with Gasteiger partial charge in [0, 0.05) is 37.7 Å². The minimum Gasteiger partial charge on any atom is -0.496 e. The number of piperidine rings is 1. The van der Waals surface area contributed by atoms with Gasteiger partial charge in [-0.3, -0.25) is 14.9 Å². The fraction of sp³-hybridized carbons (Fsp3) is 0.571. The van der Waals surface area contributed by atoms with Crippen molar-refractivity contribution in [1.82, 2.24) is 15.5 Å². The molecule has 3 rings (SSSR count). The Morgan fingerprint density at radius 1 is 1.29 bits per heavy atom. The van der Waals surface area contributed by atoms with Gasteiger partial charge in [0.2, 0.25) is 11.8 Å². The number of halogens is 1. The van der Waals surface area contributed by atoms with Gasteiger partial charge in [-0.05, 0) is 33.3 Å². The van der Waals surface area contributed by atoms with Crippen molar-refractivity contribution in [2.75, 3.05) is 32.1 Å². The SMILES string of the molecule is COc1cc(NC2CCC(=O)NC2=O)c(F)cc1C1CN(C(=O)OC(C)(C)C)CCN1. The molecule has 2 unspecified atom stereocenters. The molecule has 1 aromatic rings. The molecule has 0 radical (unpaired) electrons. The third kappa shape index (κ3) is 5.63. The van der Waals surface area contributed by atoms with Crippen molar-refractivity contribution < 1.29 is 28.2 Å². The number of rotatable bonds is 4. The van der Waals surface area contributed by atoms with Crippen LogP contribution in [-0.2, 0) is 14.3 Å². The van der Waals surface area contributed by atoms with Crippen LogP contribution in [0.1, 0.15) is 45.2 Å². The van der Waals surface area contributed by atoms with E-state index < -0.39 is 29.5 Å². The number of hydrogen-bond acceptors (Lipinski definition) is 7. The summed E-state index contributed by atoms with van der Waals surface area (Å²) < 4.78 is 25.8. The first-order chi connectivity index (χ1) is 14.6. The Balaban J connectivity index is 1.77. The van der Waals surface area contributed by atoms with Gasteiger partial charge in [-0.15, -0.1) is 0 Å². The van der Waals surface area contributed by atoms with Gasteiger partial charge in [0.05, 0.1) is 18.8 Å². The van der Waals surface area contributed by atoms with Crippen molar-refractivity contribution in [1.29, 1.82) is 0 Å². The molecule has 2 fully saturated rings. The first kappa shape index (κ1) is 22.8. The minimum absolute atomic E-state index is 0.106. The molecule has 2 aliphatic heterocycles. The smallest absolute Gasteiger partial charge is 0.410 e. The van der Waals surface area contributed by atoms with Crippen LogP contribution in [0.25, 0.3) is 0 Å². The molecule has 0 spiro atoms. The molecule has 2 aliphatic rings. The van der Waals surface area contributed by atoms with Crippen LogP contribution < -0.4 is 20.7 Å². The summed E-state index contributed by atoms with van der Waals surface area (Å²) in [6.45, 7) is 6.70. The van der Waals surface area contributed by atoms with Gasteiger partial charge in [0.1, 0.15) is 23.2 Å². The molecule has 10 heteroatoms. The van der Waals surface area contributed by atoms with Crippen molar-refractivity contribution in [3.05, 3.63) is 23.5 Å². The molecular formula is C21H29FN4O5. The second-order valence-electron chi connectivity index (χ2n) is 8.66. The van der Waals surface area contributed by atoms with E-state index in [0.29, 0.717) is 30.9 Å². The predicted molar refractivity (Wildman–Crippen MR) is 111 cm³/mol. The minimum atomic E-state index is -0.710. The second kappa shape index (κ2) is 9.09. The Bertz CT molecular complexity index is 870. The van der Waals surface area contributed by atoms with E-state index in [-0.39, 0.29) is 30.5 Å². The fourth-order valence-electron chi connectivity index (χ4n) is 3.60. The van der Waals surface area contributed by atoms with E-state index in [1.807, 2.05) is 0 Å². The molecule has 0 saturated carbocycles. The Hall–Kier alpha value is -2.88. The van der Waals surface area contributed by atoms with Crippen LogP contribution in [0.5, 0.6) is 5.75 Å². The number of nitrogens with zero attached hydrogens (tertiary/aromatic N) is 1. The van der Waals surface area contributed by atoms with Gasteiger partial charge in [-0.2, -0.15) is 0 Å². The fourth-order valence-corrected chi connectivity index (χ4v) is 3.60. The quantitative estimate of drug-likeness (QED) is 0.619. The van der Waals surface area contributed by atoms with Crippen molar-refractivity contribution in [3.63, 3.8) is 0 Å². The molecule has 2 atom stereocenters. The number of carbonyl (C=O) groups is 3. The van der Waals surface area contributed by atoms with E-state index in [1.54, 1.807) is 25.7 Å². The lowest BCUT2D eigenvalue weighted by Gasteiger charge is -2.35. The van der Waals surface area contributed by atoms with E-state index in [9.17, 15) is 18.8 Å². The van der Waals surface area contributed by atoms with Crippen LogP contribution in [0, 0.1) is 5.82 Å². The third-order valence-corrected chi connectivity index (χ3v) is 5.09. The van der Waals surface area contributed by atoms with Gasteiger partial charge >= 0.3 is 6.09 Å². The zero-order valence-corrected chi connectivity index (χ0v) is 18.2. The zero-order chi connectivity index (χ0) is 22.8. The molecule has 2 heterocycles. The summed E-state index contributed by atoms with van der Waals surface area (Å²) in [6, 6.07) is 1.76. The first-order valence-electron chi connectivity index (χ1n) is 10.3. The molecule has 170 valence electrons. The topological polar surface area (TPSA) is 109 Å². The summed E-state index contributed by atoms with van der Waals surface area (Å²) >= 11 is 0. The van der Waals surface area contributed by atoms with Gasteiger partial charge in [0.15, 0.2) is 0 Å². The number of anilines is 1. The number of carbonyl (C=O) groups excluding carboxylic acids is 3. The molecule has 0 bridgehead atoms. The van der Waals surface area contributed by atoms with Gasteiger partial charge in [-0.25, -0.2) is 9.18 Å². The predicted octanol–water partition coefficient (Wildman–Crippen LogP) is 1.93. The number of methoxy groups -OCH3 is 1. The van der Waals surface area contributed by atoms with E-state index >= 15 is 0 Å². The van der Waals surface area contributed by atoms with Crippen molar-refractivity contribution in [2.24, 2.45) is 0 Å². The Labute approximate surface area is 180 Å². The molecule has 2 saturated heterocycles. The highest BCUT2D eigenvalue weighted by molar-refractivity contribution is 6.01. The lowest BCUT2D eigenvalue weighted by atomic mass is 10.0. The highest BCUT2D eigenvalue weighted by Crippen LogP contribution is 2.33. The summed E-state index contributed by atoms with van der Waals surface area (Å²) in [5, 5.41) is 8.37. The third-order valence-electron chi connectivity index (χ3n) is 5.09. The maximum Gasteiger partial charge on any atom is 0.410 e. The van der Waals surface area contributed by atoms with Crippen LogP contribution in [0.2, 0.25) is 0 Å². The number of piperazine rings is 1. The maximum absolute atomic E-state index is 14.9. The van der Waals surface area contributed by atoms with Crippen LogP contribution in [0.15, 0.2) is 12.1 Å². The first-order valence-corrected chi connectivity index (χ1v) is 10.3. The standard InChI is InChI=1S/C21H29FN4O5/c1-21(2,3)31-20(29)26-8-7-23-16(11-26)12-9-13(22)15(10-17(12)30-4)24-14-5-6-18(27)25-19(14)28/h9-10,14,16,23-24H,5-8,11H2,1-4H3,(H,25,27,28). The highest BCUT2D eigenvalue weighted by Gasteiger charge is 2.31. The number of ether oxygens (including phenoxy) is 2. The van der Waals surface area contributed by atoms with Gasteiger partial charge < -0.3 is 25.0 Å². The normalized spacial score (nSPS) is 22.0. The van der Waals surface area contributed by atoms with E-state index in [4.69, 9.17) is 9.47 Å². The average molecular weight is 436 g/mol. The number of amides is 3. The molecule has 3 N–H and O–H groups in total. The molecule has 31 heavy (non-hydrogen) atoms. The molecular weight excluding hydrogens is 407 g/mol. The lowest BCUT2D eigenvalue weighted by molar-refractivity contribution is -0.133. The van der Waals surface area contributed by atoms with E-state index in [2.05, 4.69) is 16.0 Å². The second-order valence-corrected chi connectivity index (χ2v) is 8.66. The Morgan fingerprint density at radius 2 is 2.03 bits per heavy atom. The summed E-state index contributed by atoms with van der Waals surface area (Å²) in [5.41, 5.74) is 0.0573. The molecule has 9 nitrogen and oxygen atoms in total. The average Bonchev–Trinajstić information content (AvgIpc) is 2.70. The van der Waals surface area contributed by atoms with Crippen LogP contribution >= 0.6 is 0 Å². The van der Waals surface area contributed by atoms with Crippen molar-refractivity contribution >= 4 is 23.6 Å². The van der Waals surface area contributed by atoms with Gasteiger partial charge in [-0.1, -0.05) is 0 Å². The largest absolute Gasteiger partial charge is 0.496 e. The molecule has 3 amide bonds. The molecule has 0 aromatic heterocycles. The summed E-state index contributed by atoms with van der Waals surface area (Å²) in [7, 11) is 1.47. The zero-order valence-electron chi connectivity index (χ0n) is 18.2. The van der Waals surface area contributed by atoms with Crippen LogP contribution in [0.3, 0.4) is 0 Å². The number of hydrogen-bond donors (Lipinski definition) is 3. The Kier molecular flexibility index (Phi) is 6.68. The van der Waals surface area contributed by atoms with Crippen molar-refractivity contribution in [2.45, 2.75) is 51.3 Å². The molecule has 0 aliphatic carbocycles. The lowest BCUT2D eigenvalue weighted by Crippen LogP contribution is -2.49. The number of benzene rings is 1. The van der Waals surface area contributed by atoms with E-state index in [1.165, 1.54) is 19.2 Å². The Morgan fingerprint density at radius 3 is 2.68 bits per heavy atom. The summed E-state index contributed by atoms with van der Waals surface area (Å²) in [6.07, 6.45) is 0.0465. The number of imide groups is 1. The number of nitrogens with one attached hydrogen (secondary N) is 3. The monoisotopic (exact) mass is 436 g/mol. The summed E-state index contributed by atoms with van der Waals surface area (Å²) in [5.74, 6) is -0.966. The highest BCUT2D eigenvalue weighted by atomic mass is 19.1. The van der Waals surface area contributed by atoms with Crippen LogP contribution in [-0.4, -0.2) is 61.2 Å². The summed E-state index contributed by atoms with van der Waals surface area (Å²) in [4.78, 5) is 37.3. The van der Waals surface area contributed by atoms with Gasteiger partial charge in [0.25, 0.3) is 0 Å². The molecule has 1 aromatic carbocycles. The van der Waals surface area contributed by atoms with Crippen molar-refractivity contribution in [3.8, 4) is 5.75 Å². The van der Waals surface area contributed by atoms with E-state index in [0.717, 1.165) is 0 Å². The maximum atomic E-state index is 14.9.